The number of aryl methyl sites for hydroxylation is 2. The van der Waals surface area contributed by atoms with Crippen LogP contribution in [-0.2, 0) is 5.75 Å². The van der Waals surface area contributed by atoms with Gasteiger partial charge in [-0.25, -0.2) is 14.5 Å². The molecule has 4 rings (SSSR count). The van der Waals surface area contributed by atoms with E-state index >= 15 is 0 Å². The van der Waals surface area contributed by atoms with Crippen LogP contribution in [0.2, 0.25) is 5.02 Å². The van der Waals surface area contributed by atoms with Crippen molar-refractivity contribution in [2.45, 2.75) is 24.8 Å². The SMILES string of the molecule is Cc1cc(C)n2nc(SCc3nc4cc(Cl)ccc4c(=O)[nH]3)nc2n1. The largest absolute Gasteiger partial charge is 0.309 e. The minimum Gasteiger partial charge on any atom is -0.309 e. The minimum absolute atomic E-state index is 0.187. The van der Waals surface area contributed by atoms with Gasteiger partial charge in [-0.15, -0.1) is 5.10 Å². The quantitative estimate of drug-likeness (QED) is 0.556. The van der Waals surface area contributed by atoms with Gasteiger partial charge in [0.1, 0.15) is 5.82 Å². The van der Waals surface area contributed by atoms with E-state index in [9.17, 15) is 4.79 Å². The van der Waals surface area contributed by atoms with E-state index in [-0.39, 0.29) is 5.56 Å². The Morgan fingerprint density at radius 1 is 1.20 bits per heavy atom. The molecule has 0 atom stereocenters. The average molecular weight is 373 g/mol. The van der Waals surface area contributed by atoms with E-state index in [0.717, 1.165) is 11.4 Å². The molecule has 0 aliphatic heterocycles. The fourth-order valence-corrected chi connectivity index (χ4v) is 3.43. The van der Waals surface area contributed by atoms with Crippen LogP contribution in [0, 0.1) is 13.8 Å². The van der Waals surface area contributed by atoms with Crippen molar-refractivity contribution in [2.75, 3.05) is 0 Å². The number of nitrogens with zero attached hydrogens (tertiary/aromatic N) is 5. The summed E-state index contributed by atoms with van der Waals surface area (Å²) in [4.78, 5) is 28.2. The molecule has 0 unspecified atom stereocenters. The van der Waals surface area contributed by atoms with E-state index in [1.165, 1.54) is 11.8 Å². The Bertz CT molecular complexity index is 1170. The van der Waals surface area contributed by atoms with Crippen molar-refractivity contribution in [1.82, 2.24) is 29.5 Å². The highest BCUT2D eigenvalue weighted by atomic mass is 35.5. The van der Waals surface area contributed by atoms with Gasteiger partial charge in [-0.1, -0.05) is 23.4 Å². The summed E-state index contributed by atoms with van der Waals surface area (Å²) in [7, 11) is 0. The molecule has 0 radical (unpaired) electrons. The maximum atomic E-state index is 12.2. The van der Waals surface area contributed by atoms with E-state index in [1.807, 2.05) is 19.9 Å². The Morgan fingerprint density at radius 2 is 2.04 bits per heavy atom. The van der Waals surface area contributed by atoms with E-state index in [2.05, 4.69) is 25.0 Å². The van der Waals surface area contributed by atoms with Crippen LogP contribution in [0.5, 0.6) is 0 Å². The molecule has 0 saturated heterocycles. The van der Waals surface area contributed by atoms with Crippen LogP contribution in [0.25, 0.3) is 16.7 Å². The Kier molecular flexibility index (Phi) is 3.93. The van der Waals surface area contributed by atoms with E-state index in [4.69, 9.17) is 11.6 Å². The number of hydrogen-bond donors (Lipinski definition) is 1. The lowest BCUT2D eigenvalue weighted by Crippen LogP contribution is -2.11. The van der Waals surface area contributed by atoms with Gasteiger partial charge in [-0.3, -0.25) is 4.79 Å². The number of thioether (sulfide) groups is 1. The Balaban J connectivity index is 1.64. The summed E-state index contributed by atoms with van der Waals surface area (Å²) in [5.41, 5.74) is 2.25. The summed E-state index contributed by atoms with van der Waals surface area (Å²) in [5.74, 6) is 1.54. The van der Waals surface area contributed by atoms with Crippen LogP contribution in [-0.4, -0.2) is 29.5 Å². The lowest BCUT2D eigenvalue weighted by molar-refractivity contribution is 0.842. The zero-order valence-corrected chi connectivity index (χ0v) is 15.0. The van der Waals surface area contributed by atoms with Gasteiger partial charge in [0.2, 0.25) is 5.16 Å². The number of aromatic nitrogens is 6. The first-order valence-electron chi connectivity index (χ1n) is 7.52. The topological polar surface area (TPSA) is 88.8 Å². The molecule has 7 nitrogen and oxygen atoms in total. The van der Waals surface area contributed by atoms with Gasteiger partial charge in [0.25, 0.3) is 11.3 Å². The van der Waals surface area contributed by atoms with Gasteiger partial charge < -0.3 is 4.98 Å². The molecular formula is C16H13ClN6OS. The van der Waals surface area contributed by atoms with Gasteiger partial charge >= 0.3 is 0 Å². The molecule has 0 bridgehead atoms. The standard InChI is InChI=1S/C16H13ClN6OS/c1-8-5-9(2)23-15(18-8)21-16(22-23)25-7-13-19-12-6-10(17)3-4-11(12)14(24)20-13/h3-6H,7H2,1-2H3,(H,19,20,24). The highest BCUT2D eigenvalue weighted by molar-refractivity contribution is 7.98. The predicted octanol–water partition coefficient (Wildman–Crippen LogP) is 2.92. The smallest absolute Gasteiger partial charge is 0.258 e. The number of fused-ring (bicyclic) bond motifs is 2. The van der Waals surface area contributed by atoms with Crippen LogP contribution in [0.4, 0.5) is 0 Å². The molecule has 0 amide bonds. The minimum atomic E-state index is -0.187. The number of nitrogens with one attached hydrogen (secondary N) is 1. The highest BCUT2D eigenvalue weighted by Crippen LogP contribution is 2.20. The zero-order valence-electron chi connectivity index (χ0n) is 13.4. The van der Waals surface area contributed by atoms with Crippen molar-refractivity contribution in [1.29, 1.82) is 0 Å². The number of aromatic amines is 1. The summed E-state index contributed by atoms with van der Waals surface area (Å²) in [5, 5.41) is 6.07. The number of benzene rings is 1. The molecule has 25 heavy (non-hydrogen) atoms. The van der Waals surface area contributed by atoms with Crippen molar-refractivity contribution in [2.24, 2.45) is 0 Å². The average Bonchev–Trinajstić information content (AvgIpc) is 2.95. The molecule has 9 heteroatoms. The maximum Gasteiger partial charge on any atom is 0.258 e. The molecule has 1 N–H and O–H groups in total. The van der Waals surface area contributed by atoms with Crippen LogP contribution >= 0.6 is 23.4 Å². The third-order valence-electron chi connectivity index (χ3n) is 3.65. The molecule has 4 aromatic rings. The molecule has 0 fully saturated rings. The lowest BCUT2D eigenvalue weighted by atomic mass is 10.2. The van der Waals surface area contributed by atoms with Crippen molar-refractivity contribution in [3.8, 4) is 0 Å². The van der Waals surface area contributed by atoms with E-state index in [0.29, 0.717) is 38.4 Å². The summed E-state index contributed by atoms with van der Waals surface area (Å²) in [6.07, 6.45) is 0. The molecule has 0 spiro atoms. The summed E-state index contributed by atoms with van der Waals surface area (Å²) >= 11 is 7.37. The van der Waals surface area contributed by atoms with Crippen molar-refractivity contribution >= 4 is 40.0 Å². The van der Waals surface area contributed by atoms with Gasteiger partial charge in [-0.2, -0.15) is 4.98 Å². The van der Waals surface area contributed by atoms with Gasteiger partial charge in [0.15, 0.2) is 0 Å². The first kappa shape index (κ1) is 16.0. The molecule has 3 aromatic heterocycles. The second-order valence-electron chi connectivity index (χ2n) is 5.61. The lowest BCUT2D eigenvalue weighted by Gasteiger charge is -2.02. The number of rotatable bonds is 3. The van der Waals surface area contributed by atoms with E-state index < -0.39 is 0 Å². The molecule has 0 saturated carbocycles. The van der Waals surface area contributed by atoms with Crippen LogP contribution < -0.4 is 5.56 Å². The highest BCUT2D eigenvalue weighted by Gasteiger charge is 2.10. The predicted molar refractivity (Wildman–Crippen MR) is 97.2 cm³/mol. The number of halogens is 1. The van der Waals surface area contributed by atoms with E-state index in [1.54, 1.807) is 22.7 Å². The second-order valence-corrected chi connectivity index (χ2v) is 6.99. The van der Waals surface area contributed by atoms with Crippen LogP contribution in [0.1, 0.15) is 17.2 Å². The summed E-state index contributed by atoms with van der Waals surface area (Å²) in [6, 6.07) is 6.97. The molecule has 3 heterocycles. The molecule has 1 aromatic carbocycles. The van der Waals surface area contributed by atoms with Crippen molar-refractivity contribution < 1.29 is 0 Å². The third kappa shape index (κ3) is 3.10. The first-order chi connectivity index (χ1) is 12.0. The number of H-pyrrole nitrogens is 1. The maximum absolute atomic E-state index is 12.2. The molecule has 0 aliphatic carbocycles. The first-order valence-corrected chi connectivity index (χ1v) is 8.88. The Labute approximate surface area is 151 Å². The monoisotopic (exact) mass is 372 g/mol. The summed E-state index contributed by atoms with van der Waals surface area (Å²) in [6.45, 7) is 3.88. The molecule has 0 aliphatic rings. The van der Waals surface area contributed by atoms with Gasteiger partial charge in [0.05, 0.1) is 16.7 Å². The Hall–Kier alpha value is -2.45. The zero-order chi connectivity index (χ0) is 17.6. The van der Waals surface area contributed by atoms with Crippen molar-refractivity contribution in [3.05, 3.63) is 56.9 Å². The summed E-state index contributed by atoms with van der Waals surface area (Å²) < 4.78 is 1.70. The molecule has 126 valence electrons. The molecular weight excluding hydrogens is 360 g/mol. The van der Waals surface area contributed by atoms with Gasteiger partial charge in [0, 0.05) is 16.4 Å². The fourth-order valence-electron chi connectivity index (χ4n) is 2.57. The number of hydrogen-bond acceptors (Lipinski definition) is 6. The normalized spacial score (nSPS) is 11.5. The van der Waals surface area contributed by atoms with Crippen molar-refractivity contribution in [3.63, 3.8) is 0 Å². The fraction of sp³-hybridized carbons (Fsp3) is 0.188. The van der Waals surface area contributed by atoms with Crippen LogP contribution in [0.15, 0.2) is 34.2 Å². The van der Waals surface area contributed by atoms with Crippen LogP contribution in [0.3, 0.4) is 0 Å². The Morgan fingerprint density at radius 3 is 2.88 bits per heavy atom. The van der Waals surface area contributed by atoms with Gasteiger partial charge in [-0.05, 0) is 38.1 Å². The second kappa shape index (κ2) is 6.12. The third-order valence-corrected chi connectivity index (χ3v) is 4.74.